The Labute approximate surface area is 224 Å². The second kappa shape index (κ2) is 40.0. The maximum Gasteiger partial charge on any atom is 0.500 e. The highest BCUT2D eigenvalue weighted by molar-refractivity contribution is 7.60. The molecule has 0 saturated heterocycles. The Morgan fingerprint density at radius 2 is 0.571 bits per heavy atom. The number of hydrogen-bond donors (Lipinski definition) is 1. The van der Waals surface area contributed by atoms with E-state index in [1.165, 1.54) is 0 Å². The van der Waals surface area contributed by atoms with Gasteiger partial charge in [-0.1, -0.05) is 26.7 Å². The Hall–Kier alpha value is 2.60. The van der Waals surface area contributed by atoms with Gasteiger partial charge in [-0.2, -0.15) is 94.5 Å². The molecule has 0 aliphatic carbocycles. The van der Waals surface area contributed by atoms with Crippen molar-refractivity contribution in [2.24, 2.45) is 0 Å². The maximum absolute atomic E-state index is 5.17. The fourth-order valence-corrected chi connectivity index (χ4v) is 5.17. The van der Waals surface area contributed by atoms with E-state index >= 15 is 0 Å². The van der Waals surface area contributed by atoms with Crippen molar-refractivity contribution >= 4 is 112 Å². The zero-order valence-electron chi connectivity index (χ0n) is 18.5. The third-order valence-electron chi connectivity index (χ3n) is 2.98. The topological polar surface area (TPSA) is 90.4 Å². The van der Waals surface area contributed by atoms with Crippen molar-refractivity contribution in [1.82, 2.24) is 6.15 Å². The first-order chi connectivity index (χ1) is 9.49. The van der Waals surface area contributed by atoms with Crippen LogP contribution in [0.4, 0.5) is 0 Å². The van der Waals surface area contributed by atoms with Crippen molar-refractivity contribution in [3.05, 3.63) is 0 Å². The van der Waals surface area contributed by atoms with E-state index in [2.05, 4.69) is 13.8 Å². The zero-order chi connectivity index (χ0) is 16.1. The lowest BCUT2D eigenvalue weighted by atomic mass is 10.6. The molecule has 0 aliphatic heterocycles. The third kappa shape index (κ3) is 26.6. The van der Waals surface area contributed by atoms with Gasteiger partial charge in [-0.15, -0.1) is 0 Å². The Morgan fingerprint density at radius 3 is 0.607 bits per heavy atom. The summed E-state index contributed by atoms with van der Waals surface area (Å²) in [7, 11) is 5.37. The van der Waals surface area contributed by atoms with Crippen LogP contribution in [0.1, 0.15) is 26.7 Å². The lowest BCUT2D eigenvalue weighted by Gasteiger charge is -2.23. The van der Waals surface area contributed by atoms with Crippen LogP contribution in [0.15, 0.2) is 0 Å². The number of hydrogen-bond acceptors (Lipinski definition) is 7. The highest BCUT2D eigenvalue weighted by Crippen LogP contribution is 2.14. The largest absolute Gasteiger partial charge is 0.500 e. The van der Waals surface area contributed by atoms with Crippen LogP contribution in [0.25, 0.3) is 0 Å². The predicted molar refractivity (Wildman–Crippen MR) is 161 cm³/mol. The molecule has 16 heteroatoms. The molecule has 0 fully saturated rings. The van der Waals surface area contributed by atoms with Crippen LogP contribution in [0.3, 0.4) is 0 Å². The van der Waals surface area contributed by atoms with Gasteiger partial charge in [-0.3, -0.25) is 0 Å². The molecule has 0 rings (SSSR count). The fourth-order valence-electron chi connectivity index (χ4n) is 1.72. The smallest absolute Gasteiger partial charge is 0.377 e. The van der Waals surface area contributed by atoms with Crippen molar-refractivity contribution in [2.45, 2.75) is 38.8 Å². The van der Waals surface area contributed by atoms with Gasteiger partial charge in [0.15, 0.2) is 0 Å². The summed E-state index contributed by atoms with van der Waals surface area (Å²) in [5.41, 5.74) is 0. The number of rotatable bonds is 10. The molecule has 0 saturated carbocycles. The van der Waals surface area contributed by atoms with Crippen molar-refractivity contribution in [3.8, 4) is 0 Å². The molecule has 0 aromatic heterocycles. The summed E-state index contributed by atoms with van der Waals surface area (Å²) >= 11 is 0. The second-order valence-electron chi connectivity index (χ2n) is 4.09. The summed E-state index contributed by atoms with van der Waals surface area (Å²) in [5.74, 6) is 0. The van der Waals surface area contributed by atoms with E-state index in [4.69, 9.17) is 26.6 Å². The SMILES string of the molecule is CCC[Si](OC)(OC)OC.CCC[Si](OC)(OC)OC.N.S.S.S.S.S.S.S. The molecule has 0 unspecified atom stereocenters. The normalized spacial score (nSPS) is 8.57. The Kier molecular flexibility index (Phi) is 90.3. The molecule has 0 spiro atoms. The molecule has 7 nitrogen and oxygen atoms in total. The first kappa shape index (κ1) is 63.2. The molecule has 3 N–H and O–H groups in total. The summed E-state index contributed by atoms with van der Waals surface area (Å²) in [6.45, 7) is 4.16. The van der Waals surface area contributed by atoms with Crippen molar-refractivity contribution in [1.29, 1.82) is 0 Å². The van der Waals surface area contributed by atoms with Crippen molar-refractivity contribution in [2.75, 3.05) is 42.7 Å². The van der Waals surface area contributed by atoms with Crippen LogP contribution in [-0.4, -0.2) is 60.3 Å². The van der Waals surface area contributed by atoms with Gasteiger partial charge < -0.3 is 32.7 Å². The monoisotopic (exact) mass is 583 g/mol. The molecule has 0 heterocycles. The van der Waals surface area contributed by atoms with Crippen LogP contribution >= 0.6 is 94.5 Å². The van der Waals surface area contributed by atoms with Crippen LogP contribution in [-0.2, 0) is 26.6 Å². The summed E-state index contributed by atoms with van der Waals surface area (Å²) in [6.07, 6.45) is 2.06. The summed E-state index contributed by atoms with van der Waals surface area (Å²) in [4.78, 5) is 0. The first-order valence-corrected chi connectivity index (χ1v) is 10.7. The second-order valence-corrected chi connectivity index (χ2v) is 10.3. The van der Waals surface area contributed by atoms with E-state index in [-0.39, 0.29) is 101 Å². The highest BCUT2D eigenvalue weighted by Gasteiger charge is 2.36. The third-order valence-corrected chi connectivity index (χ3v) is 8.94. The zero-order valence-corrected chi connectivity index (χ0v) is 27.5. The van der Waals surface area contributed by atoms with Crippen LogP contribution in [0, 0.1) is 0 Å². The van der Waals surface area contributed by atoms with E-state index in [0.717, 1.165) is 24.9 Å². The fraction of sp³-hybridized carbons (Fsp3) is 1.00. The van der Waals surface area contributed by atoms with Gasteiger partial charge in [0.2, 0.25) is 0 Å². The van der Waals surface area contributed by atoms with Gasteiger partial charge in [0, 0.05) is 54.7 Å². The molecule has 0 amide bonds. The Bertz CT molecular complexity index is 200. The molecule has 28 heavy (non-hydrogen) atoms. The van der Waals surface area contributed by atoms with E-state index < -0.39 is 17.6 Å². The lowest BCUT2D eigenvalue weighted by molar-refractivity contribution is 0.123. The van der Waals surface area contributed by atoms with E-state index in [1.54, 1.807) is 42.7 Å². The molecular formula is C12H49NO6S7Si2. The molecule has 0 bridgehead atoms. The van der Waals surface area contributed by atoms with Gasteiger partial charge in [-0.05, 0) is 0 Å². The standard InChI is InChI=1S/2C6H16O3Si.H3N.7H2S/c2*1-5-6-10(7-2,8-3)9-4;;;;;;;;/h2*5-6H2,1-4H3;1H3;7*1H2. The maximum atomic E-state index is 5.17. The van der Waals surface area contributed by atoms with Crippen LogP contribution < -0.4 is 6.15 Å². The predicted octanol–water partition coefficient (Wildman–Crippen LogP) is 3.50. The van der Waals surface area contributed by atoms with Crippen LogP contribution in [0.5, 0.6) is 0 Å². The minimum absolute atomic E-state index is 0. The molecule has 0 aromatic carbocycles. The van der Waals surface area contributed by atoms with Gasteiger partial charge in [0.25, 0.3) is 0 Å². The minimum atomic E-state index is -2.22. The highest BCUT2D eigenvalue weighted by atomic mass is 32.1. The van der Waals surface area contributed by atoms with Gasteiger partial charge in [0.05, 0.1) is 0 Å². The average Bonchev–Trinajstić information content (AvgIpc) is 2.51. The molecule has 188 valence electrons. The van der Waals surface area contributed by atoms with Gasteiger partial charge in [0.1, 0.15) is 0 Å². The summed E-state index contributed by atoms with van der Waals surface area (Å²) < 4.78 is 31.0. The average molecular weight is 584 g/mol. The molecule has 0 aromatic rings. The van der Waals surface area contributed by atoms with Crippen LogP contribution in [0.2, 0.25) is 12.1 Å². The van der Waals surface area contributed by atoms with Gasteiger partial charge in [-0.25, -0.2) is 0 Å². The molecule has 0 aliphatic rings. The van der Waals surface area contributed by atoms with Crippen molar-refractivity contribution in [3.63, 3.8) is 0 Å². The quantitative estimate of drug-likeness (QED) is 0.394. The summed E-state index contributed by atoms with van der Waals surface area (Å²) in [5, 5.41) is 0. The first-order valence-electron chi connectivity index (χ1n) is 6.80. The van der Waals surface area contributed by atoms with Gasteiger partial charge >= 0.3 is 17.6 Å². The Balaban J connectivity index is -0.0000000225. The molecule has 0 radical (unpaired) electrons. The van der Waals surface area contributed by atoms with Crippen molar-refractivity contribution < 1.29 is 26.6 Å². The lowest BCUT2D eigenvalue weighted by Crippen LogP contribution is -2.42. The molecule has 0 atom stereocenters. The minimum Gasteiger partial charge on any atom is -0.377 e. The summed E-state index contributed by atoms with van der Waals surface area (Å²) in [6, 6.07) is 1.77. The Morgan fingerprint density at radius 1 is 0.429 bits per heavy atom. The van der Waals surface area contributed by atoms with E-state index in [9.17, 15) is 0 Å². The van der Waals surface area contributed by atoms with E-state index in [1.807, 2.05) is 0 Å². The molecular weight excluding hydrogens is 535 g/mol. The van der Waals surface area contributed by atoms with E-state index in [0.29, 0.717) is 0 Å².